The summed E-state index contributed by atoms with van der Waals surface area (Å²) in [6.45, 7) is 7.63. The highest BCUT2D eigenvalue weighted by molar-refractivity contribution is 4.91. The number of aryl methyl sites for hydroxylation is 1. The zero-order valence-corrected chi connectivity index (χ0v) is 10.3. The topological polar surface area (TPSA) is 33.1 Å². The third-order valence-electron chi connectivity index (χ3n) is 3.35. The molecule has 0 radical (unpaired) electrons. The molecule has 2 rings (SSSR count). The van der Waals surface area contributed by atoms with Gasteiger partial charge >= 0.3 is 0 Å². The van der Waals surface area contributed by atoms with Gasteiger partial charge in [0.2, 0.25) is 0 Å². The normalized spacial score (nSPS) is 21.8. The van der Waals surface area contributed by atoms with E-state index in [-0.39, 0.29) is 0 Å². The maximum Gasteiger partial charge on any atom is 0.122 e. The van der Waals surface area contributed by atoms with E-state index >= 15 is 0 Å². The van der Waals surface area contributed by atoms with Crippen LogP contribution in [-0.2, 0) is 13.1 Å². The number of imidazole rings is 1. The van der Waals surface area contributed by atoms with Crippen LogP contribution in [0.1, 0.15) is 19.2 Å². The van der Waals surface area contributed by atoms with Crippen LogP contribution in [0.5, 0.6) is 0 Å². The average Bonchev–Trinajstić information content (AvgIpc) is 2.87. The summed E-state index contributed by atoms with van der Waals surface area (Å²) in [5, 5.41) is 3.52. The van der Waals surface area contributed by atoms with Crippen LogP contribution in [0.2, 0.25) is 0 Å². The Hall–Kier alpha value is -0.870. The summed E-state index contributed by atoms with van der Waals surface area (Å²) in [7, 11) is 2.20. The fourth-order valence-corrected chi connectivity index (χ4v) is 2.38. The number of hydrogen-bond donors (Lipinski definition) is 1. The SMILES string of the molecule is CCn1ccnc1CNCC1CCN(C)C1. The Kier molecular flexibility index (Phi) is 3.96. The van der Waals surface area contributed by atoms with Crippen molar-refractivity contribution in [1.29, 1.82) is 0 Å². The van der Waals surface area contributed by atoms with Crippen LogP contribution >= 0.6 is 0 Å². The molecule has 1 aromatic rings. The van der Waals surface area contributed by atoms with Crippen molar-refractivity contribution >= 4 is 0 Å². The molecular formula is C12H22N4. The van der Waals surface area contributed by atoms with Crippen LogP contribution in [0.15, 0.2) is 12.4 Å². The maximum atomic E-state index is 4.36. The molecule has 0 amide bonds. The maximum absolute atomic E-state index is 4.36. The molecule has 1 saturated heterocycles. The van der Waals surface area contributed by atoms with E-state index in [1.807, 2.05) is 12.4 Å². The first kappa shape index (κ1) is 11.6. The van der Waals surface area contributed by atoms with Gasteiger partial charge in [0.1, 0.15) is 5.82 Å². The number of hydrogen-bond acceptors (Lipinski definition) is 3. The lowest BCUT2D eigenvalue weighted by Crippen LogP contribution is -2.25. The Labute approximate surface area is 97.7 Å². The minimum absolute atomic E-state index is 0.815. The van der Waals surface area contributed by atoms with Crippen LogP contribution in [0.25, 0.3) is 0 Å². The Bertz CT molecular complexity index is 321. The first-order valence-corrected chi connectivity index (χ1v) is 6.19. The standard InChI is InChI=1S/C12H22N4/c1-3-16-7-5-14-12(16)9-13-8-11-4-6-15(2)10-11/h5,7,11,13H,3-4,6,8-10H2,1-2H3. The second-order valence-corrected chi connectivity index (χ2v) is 4.68. The summed E-state index contributed by atoms with van der Waals surface area (Å²) in [6.07, 6.45) is 5.25. The molecule has 0 spiro atoms. The van der Waals surface area contributed by atoms with Gasteiger partial charge in [0.05, 0.1) is 6.54 Å². The van der Waals surface area contributed by atoms with E-state index in [1.54, 1.807) is 0 Å². The largest absolute Gasteiger partial charge is 0.334 e. The van der Waals surface area contributed by atoms with Gasteiger partial charge in [-0.05, 0) is 39.4 Å². The molecule has 0 saturated carbocycles. The number of aromatic nitrogens is 2. The number of likely N-dealkylation sites (tertiary alicyclic amines) is 1. The zero-order valence-electron chi connectivity index (χ0n) is 10.3. The molecule has 0 aromatic carbocycles. The summed E-state index contributed by atoms with van der Waals surface area (Å²) in [4.78, 5) is 6.76. The van der Waals surface area contributed by atoms with Crippen molar-refractivity contribution in [1.82, 2.24) is 19.8 Å². The third-order valence-corrected chi connectivity index (χ3v) is 3.35. The molecule has 4 heteroatoms. The van der Waals surface area contributed by atoms with Crippen molar-refractivity contribution in [2.45, 2.75) is 26.4 Å². The van der Waals surface area contributed by atoms with Gasteiger partial charge in [-0.15, -0.1) is 0 Å². The van der Waals surface area contributed by atoms with Gasteiger partial charge in [0, 0.05) is 25.5 Å². The lowest BCUT2D eigenvalue weighted by molar-refractivity contribution is 0.387. The van der Waals surface area contributed by atoms with E-state index in [4.69, 9.17) is 0 Å². The Balaban J connectivity index is 1.72. The van der Waals surface area contributed by atoms with E-state index in [0.29, 0.717) is 0 Å². The quantitative estimate of drug-likeness (QED) is 0.805. The van der Waals surface area contributed by atoms with Crippen molar-refractivity contribution in [3.8, 4) is 0 Å². The number of nitrogens with one attached hydrogen (secondary N) is 1. The number of nitrogens with zero attached hydrogens (tertiary/aromatic N) is 3. The molecule has 90 valence electrons. The predicted octanol–water partition coefficient (Wildman–Crippen LogP) is 0.944. The second kappa shape index (κ2) is 5.46. The van der Waals surface area contributed by atoms with E-state index < -0.39 is 0 Å². The minimum Gasteiger partial charge on any atom is -0.334 e. The molecule has 0 aliphatic carbocycles. The summed E-state index contributed by atoms with van der Waals surface area (Å²) in [5.41, 5.74) is 0. The van der Waals surface area contributed by atoms with Crippen LogP contribution in [0.3, 0.4) is 0 Å². The monoisotopic (exact) mass is 222 g/mol. The molecular weight excluding hydrogens is 200 g/mol. The average molecular weight is 222 g/mol. The molecule has 1 fully saturated rings. The van der Waals surface area contributed by atoms with Gasteiger partial charge in [-0.3, -0.25) is 0 Å². The first-order chi connectivity index (χ1) is 7.79. The smallest absolute Gasteiger partial charge is 0.122 e. The van der Waals surface area contributed by atoms with Crippen molar-refractivity contribution in [3.63, 3.8) is 0 Å². The fraction of sp³-hybridized carbons (Fsp3) is 0.750. The summed E-state index contributed by atoms with van der Waals surface area (Å²) >= 11 is 0. The Morgan fingerprint density at radius 3 is 3.12 bits per heavy atom. The van der Waals surface area contributed by atoms with Crippen LogP contribution < -0.4 is 5.32 Å². The molecule has 0 bridgehead atoms. The zero-order chi connectivity index (χ0) is 11.4. The molecule has 1 aliphatic rings. The third kappa shape index (κ3) is 2.83. The van der Waals surface area contributed by atoms with Crippen molar-refractivity contribution < 1.29 is 0 Å². The molecule has 1 N–H and O–H groups in total. The predicted molar refractivity (Wildman–Crippen MR) is 65.2 cm³/mol. The number of rotatable bonds is 5. The highest BCUT2D eigenvalue weighted by Gasteiger charge is 2.18. The van der Waals surface area contributed by atoms with E-state index in [2.05, 4.69) is 33.7 Å². The van der Waals surface area contributed by atoms with Crippen LogP contribution in [0.4, 0.5) is 0 Å². The summed E-state index contributed by atoms with van der Waals surface area (Å²) in [5.74, 6) is 1.96. The van der Waals surface area contributed by atoms with Gasteiger partial charge in [0.15, 0.2) is 0 Å². The minimum atomic E-state index is 0.815. The highest BCUT2D eigenvalue weighted by Crippen LogP contribution is 2.12. The lowest BCUT2D eigenvalue weighted by atomic mass is 10.1. The molecule has 1 aromatic heterocycles. The molecule has 1 atom stereocenters. The summed E-state index contributed by atoms with van der Waals surface area (Å²) in [6, 6.07) is 0. The van der Waals surface area contributed by atoms with Gasteiger partial charge in [-0.1, -0.05) is 0 Å². The Morgan fingerprint density at radius 1 is 1.56 bits per heavy atom. The molecule has 1 unspecified atom stereocenters. The van der Waals surface area contributed by atoms with Crippen molar-refractivity contribution in [2.75, 3.05) is 26.7 Å². The van der Waals surface area contributed by atoms with Gasteiger partial charge in [-0.2, -0.15) is 0 Å². The van der Waals surface area contributed by atoms with Gasteiger partial charge in [-0.25, -0.2) is 4.98 Å². The molecule has 4 nitrogen and oxygen atoms in total. The van der Waals surface area contributed by atoms with Crippen molar-refractivity contribution in [3.05, 3.63) is 18.2 Å². The van der Waals surface area contributed by atoms with Crippen LogP contribution in [0, 0.1) is 5.92 Å². The molecule has 1 aliphatic heterocycles. The van der Waals surface area contributed by atoms with Gasteiger partial charge in [0.25, 0.3) is 0 Å². The van der Waals surface area contributed by atoms with E-state index in [9.17, 15) is 0 Å². The van der Waals surface area contributed by atoms with E-state index in [0.717, 1.165) is 31.4 Å². The second-order valence-electron chi connectivity index (χ2n) is 4.68. The molecule has 2 heterocycles. The first-order valence-electron chi connectivity index (χ1n) is 6.19. The fourth-order valence-electron chi connectivity index (χ4n) is 2.38. The molecule has 16 heavy (non-hydrogen) atoms. The highest BCUT2D eigenvalue weighted by atomic mass is 15.1. The lowest BCUT2D eigenvalue weighted by Gasteiger charge is -2.12. The summed E-state index contributed by atoms with van der Waals surface area (Å²) < 4.78 is 2.19. The van der Waals surface area contributed by atoms with E-state index in [1.165, 1.54) is 19.5 Å². The van der Waals surface area contributed by atoms with Crippen molar-refractivity contribution in [2.24, 2.45) is 5.92 Å². The Morgan fingerprint density at radius 2 is 2.44 bits per heavy atom. The van der Waals surface area contributed by atoms with Gasteiger partial charge < -0.3 is 14.8 Å². The van der Waals surface area contributed by atoms with Crippen LogP contribution in [-0.4, -0.2) is 41.1 Å².